The summed E-state index contributed by atoms with van der Waals surface area (Å²) in [5, 5.41) is 12.5. The Kier molecular flexibility index (Phi) is 3.57. The van der Waals surface area contributed by atoms with E-state index >= 15 is 0 Å². The van der Waals surface area contributed by atoms with Crippen LogP contribution in [-0.4, -0.2) is 47.6 Å². The molecule has 1 heterocycles. The molecule has 0 spiro atoms. The van der Waals surface area contributed by atoms with Gasteiger partial charge in [0.05, 0.1) is 7.11 Å². The second-order valence-corrected chi connectivity index (χ2v) is 5.16. The van der Waals surface area contributed by atoms with E-state index in [1.54, 1.807) is 19.9 Å². The minimum atomic E-state index is -0.912. The molecule has 1 aromatic carbocycles. The van der Waals surface area contributed by atoms with Gasteiger partial charge in [-0.05, 0) is 32.0 Å². The van der Waals surface area contributed by atoms with E-state index in [4.69, 9.17) is 4.74 Å². The fourth-order valence-corrected chi connectivity index (χ4v) is 2.23. The summed E-state index contributed by atoms with van der Waals surface area (Å²) in [6.45, 7) is 4.26. The highest BCUT2D eigenvalue weighted by molar-refractivity contribution is 6.00. The van der Waals surface area contributed by atoms with Crippen molar-refractivity contribution in [3.63, 3.8) is 0 Å². The van der Waals surface area contributed by atoms with Crippen molar-refractivity contribution in [2.75, 3.05) is 20.2 Å². The average Bonchev–Trinajstić information content (AvgIpc) is 2.41. The zero-order chi connectivity index (χ0) is 14.9. The van der Waals surface area contributed by atoms with Crippen LogP contribution < -0.4 is 10.1 Å². The number of hydrogen-bond donors (Lipinski definition) is 2. The Morgan fingerprint density at radius 1 is 1.45 bits per heavy atom. The zero-order valence-electron chi connectivity index (χ0n) is 11.8. The predicted octanol–water partition coefficient (Wildman–Crippen LogP) is 0.751. The van der Waals surface area contributed by atoms with Gasteiger partial charge >= 0.3 is 0 Å². The normalized spacial score (nSPS) is 17.6. The van der Waals surface area contributed by atoms with Crippen LogP contribution in [0.25, 0.3) is 0 Å². The number of ether oxygens (including phenoxy) is 1. The molecule has 0 bridgehead atoms. The molecule has 0 radical (unpaired) electrons. The number of hydrogen-bond acceptors (Lipinski definition) is 4. The molecular formula is C14H18N2O4. The van der Waals surface area contributed by atoms with Gasteiger partial charge in [0.2, 0.25) is 5.91 Å². The van der Waals surface area contributed by atoms with Crippen molar-refractivity contribution in [1.82, 2.24) is 10.2 Å². The summed E-state index contributed by atoms with van der Waals surface area (Å²) in [4.78, 5) is 25.9. The first-order valence-corrected chi connectivity index (χ1v) is 6.35. The predicted molar refractivity (Wildman–Crippen MR) is 72.8 cm³/mol. The number of rotatable bonds is 2. The summed E-state index contributed by atoms with van der Waals surface area (Å²) >= 11 is 0. The van der Waals surface area contributed by atoms with Crippen LogP contribution in [0.3, 0.4) is 0 Å². The molecule has 1 aliphatic rings. The third kappa shape index (κ3) is 2.29. The lowest BCUT2D eigenvalue weighted by Gasteiger charge is -2.41. The number of nitrogens with zero attached hydrogens (tertiary/aromatic N) is 1. The highest BCUT2D eigenvalue weighted by Gasteiger charge is 2.40. The lowest BCUT2D eigenvalue weighted by molar-refractivity contribution is -0.133. The van der Waals surface area contributed by atoms with Crippen molar-refractivity contribution in [3.8, 4) is 11.5 Å². The molecule has 0 atom stereocenters. The summed E-state index contributed by atoms with van der Waals surface area (Å²) in [5.41, 5.74) is -0.587. The van der Waals surface area contributed by atoms with Crippen molar-refractivity contribution in [2.45, 2.75) is 19.4 Å². The van der Waals surface area contributed by atoms with Crippen molar-refractivity contribution >= 4 is 11.8 Å². The van der Waals surface area contributed by atoms with Gasteiger partial charge in [-0.15, -0.1) is 0 Å². The Morgan fingerprint density at radius 2 is 2.15 bits per heavy atom. The highest BCUT2D eigenvalue weighted by atomic mass is 16.5. The number of amides is 2. The maximum atomic E-state index is 12.5. The van der Waals surface area contributed by atoms with E-state index in [-0.39, 0.29) is 17.6 Å². The number of phenolic OH excluding ortho intramolecular Hbond substituents is 1. The maximum absolute atomic E-state index is 12.5. The quantitative estimate of drug-likeness (QED) is 0.837. The Hall–Kier alpha value is -2.24. The van der Waals surface area contributed by atoms with Gasteiger partial charge in [0.1, 0.15) is 5.54 Å². The fraction of sp³-hybridized carbons (Fsp3) is 0.429. The van der Waals surface area contributed by atoms with Crippen molar-refractivity contribution < 1.29 is 19.4 Å². The van der Waals surface area contributed by atoms with Gasteiger partial charge in [-0.3, -0.25) is 9.59 Å². The van der Waals surface area contributed by atoms with E-state index in [2.05, 4.69) is 5.32 Å². The zero-order valence-corrected chi connectivity index (χ0v) is 11.8. The molecule has 0 aromatic heterocycles. The molecule has 1 aromatic rings. The number of carbonyl (C=O) groups is 2. The van der Waals surface area contributed by atoms with Crippen LogP contribution in [0.2, 0.25) is 0 Å². The molecule has 6 heteroatoms. The van der Waals surface area contributed by atoms with Gasteiger partial charge < -0.3 is 20.1 Å². The SMILES string of the molecule is COc1ccc(C(=O)N2CCNC(=O)C2(C)C)cc1O. The van der Waals surface area contributed by atoms with E-state index in [1.807, 2.05) is 0 Å². The molecule has 2 N–H and O–H groups in total. The Balaban J connectivity index is 2.31. The number of phenols is 1. The molecule has 1 saturated heterocycles. The van der Waals surface area contributed by atoms with E-state index in [0.717, 1.165) is 0 Å². The summed E-state index contributed by atoms with van der Waals surface area (Å²) in [6, 6.07) is 4.45. The summed E-state index contributed by atoms with van der Waals surface area (Å²) in [5.74, 6) is -0.271. The molecule has 1 aliphatic heterocycles. The first kappa shape index (κ1) is 14.2. The van der Waals surface area contributed by atoms with Crippen LogP contribution >= 0.6 is 0 Å². The standard InChI is InChI=1S/C14H18N2O4/c1-14(2)13(19)15-6-7-16(14)12(18)9-4-5-11(20-3)10(17)8-9/h4-5,8,17H,6-7H2,1-3H3,(H,15,19). The number of aromatic hydroxyl groups is 1. The molecule has 6 nitrogen and oxygen atoms in total. The molecule has 20 heavy (non-hydrogen) atoms. The topological polar surface area (TPSA) is 78.9 Å². The summed E-state index contributed by atoms with van der Waals surface area (Å²) in [6.07, 6.45) is 0. The smallest absolute Gasteiger partial charge is 0.254 e. The molecule has 2 rings (SSSR count). The molecule has 0 unspecified atom stereocenters. The Morgan fingerprint density at radius 3 is 2.75 bits per heavy atom. The van der Waals surface area contributed by atoms with E-state index < -0.39 is 5.54 Å². The third-order valence-corrected chi connectivity index (χ3v) is 3.52. The maximum Gasteiger partial charge on any atom is 0.254 e. The third-order valence-electron chi connectivity index (χ3n) is 3.52. The number of methoxy groups -OCH3 is 1. The minimum absolute atomic E-state index is 0.0994. The second-order valence-electron chi connectivity index (χ2n) is 5.16. The largest absolute Gasteiger partial charge is 0.504 e. The Bertz CT molecular complexity index is 554. The molecule has 0 aliphatic carbocycles. The minimum Gasteiger partial charge on any atom is -0.504 e. The molecular weight excluding hydrogens is 260 g/mol. The summed E-state index contributed by atoms with van der Waals surface area (Å²) in [7, 11) is 1.44. The Labute approximate surface area is 117 Å². The van der Waals surface area contributed by atoms with Crippen LogP contribution in [0.5, 0.6) is 11.5 Å². The number of benzene rings is 1. The fourth-order valence-electron chi connectivity index (χ4n) is 2.23. The van der Waals surface area contributed by atoms with Crippen molar-refractivity contribution in [2.24, 2.45) is 0 Å². The average molecular weight is 278 g/mol. The highest BCUT2D eigenvalue weighted by Crippen LogP contribution is 2.28. The van der Waals surface area contributed by atoms with Gasteiger partial charge in [-0.25, -0.2) is 0 Å². The first-order valence-electron chi connectivity index (χ1n) is 6.35. The molecule has 2 amide bonds. The number of piperazine rings is 1. The van der Waals surface area contributed by atoms with E-state index in [9.17, 15) is 14.7 Å². The van der Waals surface area contributed by atoms with Crippen LogP contribution in [0, 0.1) is 0 Å². The monoisotopic (exact) mass is 278 g/mol. The lowest BCUT2D eigenvalue weighted by atomic mass is 9.97. The van der Waals surface area contributed by atoms with Crippen LogP contribution in [0.15, 0.2) is 18.2 Å². The van der Waals surface area contributed by atoms with Crippen molar-refractivity contribution in [3.05, 3.63) is 23.8 Å². The van der Waals surface area contributed by atoms with E-state index in [0.29, 0.717) is 24.4 Å². The van der Waals surface area contributed by atoms with Gasteiger partial charge in [0.25, 0.3) is 5.91 Å². The van der Waals surface area contributed by atoms with E-state index in [1.165, 1.54) is 24.1 Å². The van der Waals surface area contributed by atoms with Crippen LogP contribution in [0.4, 0.5) is 0 Å². The lowest BCUT2D eigenvalue weighted by Crippen LogP contribution is -2.63. The second kappa shape index (κ2) is 5.03. The van der Waals surface area contributed by atoms with Gasteiger partial charge in [-0.1, -0.05) is 0 Å². The molecule has 1 fully saturated rings. The first-order chi connectivity index (χ1) is 9.37. The molecule has 0 saturated carbocycles. The summed E-state index contributed by atoms with van der Waals surface area (Å²) < 4.78 is 4.94. The van der Waals surface area contributed by atoms with Crippen molar-refractivity contribution in [1.29, 1.82) is 0 Å². The van der Waals surface area contributed by atoms with Crippen LogP contribution in [-0.2, 0) is 4.79 Å². The molecule has 108 valence electrons. The van der Waals surface area contributed by atoms with Gasteiger partial charge in [0, 0.05) is 18.7 Å². The van der Waals surface area contributed by atoms with Gasteiger partial charge in [-0.2, -0.15) is 0 Å². The van der Waals surface area contributed by atoms with Gasteiger partial charge in [0.15, 0.2) is 11.5 Å². The van der Waals surface area contributed by atoms with Crippen LogP contribution in [0.1, 0.15) is 24.2 Å². The number of carbonyl (C=O) groups excluding carboxylic acids is 2. The number of nitrogens with one attached hydrogen (secondary N) is 1.